The molecule has 2 rings (SSSR count). The summed E-state index contributed by atoms with van der Waals surface area (Å²) >= 11 is 0. The molecule has 0 aromatic heterocycles. The van der Waals surface area contributed by atoms with Gasteiger partial charge in [-0.05, 0) is 12.5 Å². The first-order valence-corrected chi connectivity index (χ1v) is 5.19. The van der Waals surface area contributed by atoms with Crippen molar-refractivity contribution in [1.29, 1.82) is 0 Å². The molecular formula is C10H14LiN3O5. The fourth-order valence-corrected chi connectivity index (χ4v) is 1.98. The van der Waals surface area contributed by atoms with E-state index in [1.54, 1.807) is 13.0 Å². The maximum Gasteiger partial charge on any atom is 1.00 e. The molecule has 2 aliphatic heterocycles. The Kier molecular flexibility index (Phi) is 6.09. The number of nitrogens with zero attached hydrogens (tertiary/aromatic N) is 2. The second kappa shape index (κ2) is 6.61. The van der Waals surface area contributed by atoms with Crippen molar-refractivity contribution < 1.29 is 38.4 Å². The van der Waals surface area contributed by atoms with Crippen LogP contribution in [0.1, 0.15) is 13.8 Å². The number of nitrogens with two attached hydrogens (primary N) is 1. The average molecular weight is 263 g/mol. The predicted molar refractivity (Wildman–Crippen MR) is 61.1 cm³/mol. The van der Waals surface area contributed by atoms with E-state index in [1.165, 1.54) is 4.90 Å². The molecule has 0 aromatic rings. The molecule has 19 heavy (non-hydrogen) atoms. The molecule has 9 heteroatoms. The fraction of sp³-hybridized carbons (Fsp3) is 0.500. The van der Waals surface area contributed by atoms with Crippen LogP contribution in [0.25, 0.3) is 0 Å². The Bertz CT molecular complexity index is 421. The molecular weight excluding hydrogens is 249 g/mol. The van der Waals surface area contributed by atoms with Crippen LogP contribution in [0.5, 0.6) is 0 Å². The molecule has 100 valence electrons. The van der Waals surface area contributed by atoms with E-state index in [2.05, 4.69) is 0 Å². The molecule has 1 fully saturated rings. The smallest absolute Gasteiger partial charge is 0.754 e. The van der Waals surface area contributed by atoms with E-state index in [0.29, 0.717) is 10.6 Å². The molecule has 2 aliphatic rings. The van der Waals surface area contributed by atoms with Crippen LogP contribution in [0, 0.1) is 5.21 Å². The maximum atomic E-state index is 11.3. The minimum Gasteiger partial charge on any atom is -0.754 e. The molecule has 0 aliphatic carbocycles. The fourth-order valence-electron chi connectivity index (χ4n) is 1.98. The summed E-state index contributed by atoms with van der Waals surface area (Å²) in [5.74, 6) is -1.43. The van der Waals surface area contributed by atoms with Gasteiger partial charge in [-0.15, -0.1) is 0 Å². The third kappa shape index (κ3) is 3.73. The van der Waals surface area contributed by atoms with E-state index in [9.17, 15) is 14.8 Å². The van der Waals surface area contributed by atoms with Crippen LogP contribution in [0.3, 0.4) is 0 Å². The van der Waals surface area contributed by atoms with Crippen LogP contribution in [0.2, 0.25) is 0 Å². The summed E-state index contributed by atoms with van der Waals surface area (Å²) in [6.07, 6.45) is 1.63. The minimum absolute atomic E-state index is 0. The monoisotopic (exact) mass is 263 g/mol. The van der Waals surface area contributed by atoms with Gasteiger partial charge in [0.05, 0.1) is 6.04 Å². The van der Waals surface area contributed by atoms with Gasteiger partial charge in [0.1, 0.15) is 6.04 Å². The Morgan fingerprint density at radius 1 is 1.53 bits per heavy atom. The summed E-state index contributed by atoms with van der Waals surface area (Å²) in [6.45, 7) is 3.04. The topological polar surface area (TPSA) is 127 Å². The van der Waals surface area contributed by atoms with E-state index in [4.69, 9.17) is 15.6 Å². The summed E-state index contributed by atoms with van der Waals surface area (Å²) in [5.41, 5.74) is 5.82. The zero-order chi connectivity index (χ0) is 14.0. The molecule has 0 saturated carbocycles. The number of hydrogen-bond donors (Lipinski definition) is 2. The van der Waals surface area contributed by atoms with E-state index in [-0.39, 0.29) is 25.4 Å². The maximum absolute atomic E-state index is 11.3. The number of carbonyl (C=O) groups excluding carboxylic acids is 2. The van der Waals surface area contributed by atoms with E-state index < -0.39 is 30.0 Å². The van der Waals surface area contributed by atoms with Crippen LogP contribution >= 0.6 is 0 Å². The van der Waals surface area contributed by atoms with Gasteiger partial charge in [-0.3, -0.25) is 9.59 Å². The average Bonchev–Trinajstić information content (AvgIpc) is 2.43. The molecule has 1 saturated heterocycles. The van der Waals surface area contributed by atoms with Gasteiger partial charge in [0.25, 0.3) is 5.97 Å². The van der Waals surface area contributed by atoms with Crippen LogP contribution in [0.15, 0.2) is 11.6 Å². The van der Waals surface area contributed by atoms with Crippen molar-refractivity contribution in [3.05, 3.63) is 16.9 Å². The summed E-state index contributed by atoms with van der Waals surface area (Å²) < 4.78 is 0. The van der Waals surface area contributed by atoms with Gasteiger partial charge in [-0.25, -0.2) is 4.79 Å². The normalized spacial score (nSPS) is 23.9. The van der Waals surface area contributed by atoms with Crippen molar-refractivity contribution >= 4 is 17.9 Å². The van der Waals surface area contributed by atoms with Gasteiger partial charge in [0.2, 0.25) is 5.91 Å². The van der Waals surface area contributed by atoms with Crippen molar-refractivity contribution in [2.45, 2.75) is 25.9 Å². The summed E-state index contributed by atoms with van der Waals surface area (Å²) in [7, 11) is 0. The first kappa shape index (κ1) is 17.5. The molecule has 0 spiro atoms. The van der Waals surface area contributed by atoms with Gasteiger partial charge in [-0.1, -0.05) is 6.08 Å². The SMILES string of the molecule is CC(=O)O.CC1=C[C@@H]2CN(C(=O)N2[O-])[C@@H]1C(N)=O.[Li+]. The minimum atomic E-state index is -0.833. The number of hydrogen-bond acceptors (Lipinski definition) is 4. The van der Waals surface area contributed by atoms with Crippen molar-refractivity contribution in [2.24, 2.45) is 5.73 Å². The number of aliphatic carboxylic acids is 1. The number of fused-ring (bicyclic) bond motifs is 2. The summed E-state index contributed by atoms with van der Waals surface area (Å²) in [4.78, 5) is 32.6. The Labute approximate surface area is 122 Å². The molecule has 2 bridgehead atoms. The Balaban J connectivity index is 0.000000576. The predicted octanol–water partition coefficient (Wildman–Crippen LogP) is -3.50. The van der Waals surface area contributed by atoms with Crippen LogP contribution in [-0.4, -0.2) is 51.6 Å². The second-order valence-electron chi connectivity index (χ2n) is 4.06. The standard InChI is InChI=1S/C8H10N3O3.C2H4O2.Li/c1-4-2-5-3-10(6(4)7(9)12)8(13)11(5)14;1-2(3)4;/h2,5-6H,3H2,1H3,(H2,9,12);1H3,(H,3,4);/q-1;;+1/t5-,6+;;/m1../s1. The molecule has 2 atom stereocenters. The van der Waals surface area contributed by atoms with Crippen LogP contribution < -0.4 is 24.6 Å². The quantitative estimate of drug-likeness (QED) is 0.375. The molecule has 3 amide bonds. The molecule has 2 heterocycles. The van der Waals surface area contributed by atoms with Crippen molar-refractivity contribution in [1.82, 2.24) is 9.96 Å². The molecule has 3 N–H and O–H groups in total. The zero-order valence-electron chi connectivity index (χ0n) is 11.0. The van der Waals surface area contributed by atoms with Crippen LogP contribution in [0.4, 0.5) is 4.79 Å². The van der Waals surface area contributed by atoms with Crippen molar-refractivity contribution in [2.75, 3.05) is 6.54 Å². The number of rotatable bonds is 1. The first-order valence-electron chi connectivity index (χ1n) is 5.19. The molecule has 0 aromatic carbocycles. The van der Waals surface area contributed by atoms with E-state index in [0.717, 1.165) is 6.92 Å². The number of urea groups is 1. The van der Waals surface area contributed by atoms with Gasteiger partial charge in [0, 0.05) is 13.5 Å². The number of amides is 3. The molecule has 0 radical (unpaired) electrons. The number of primary amides is 1. The van der Waals surface area contributed by atoms with Gasteiger partial charge in [0.15, 0.2) is 0 Å². The summed E-state index contributed by atoms with van der Waals surface area (Å²) in [5, 5.41) is 19.0. The van der Waals surface area contributed by atoms with E-state index in [1.807, 2.05) is 0 Å². The Morgan fingerprint density at radius 2 is 2.00 bits per heavy atom. The van der Waals surface area contributed by atoms with Gasteiger partial charge < -0.3 is 26.0 Å². The van der Waals surface area contributed by atoms with Crippen molar-refractivity contribution in [3.8, 4) is 0 Å². The Morgan fingerprint density at radius 3 is 2.42 bits per heavy atom. The first-order chi connectivity index (χ1) is 8.25. The third-order valence-corrected chi connectivity index (χ3v) is 2.59. The molecule has 8 nitrogen and oxygen atoms in total. The van der Waals surface area contributed by atoms with E-state index >= 15 is 0 Å². The number of carboxylic acid groups (broad SMARTS) is 1. The number of hydroxylamine groups is 2. The summed E-state index contributed by atoms with van der Waals surface area (Å²) in [6, 6.07) is -1.89. The molecule has 0 unspecified atom stereocenters. The van der Waals surface area contributed by atoms with Gasteiger partial charge in [-0.2, -0.15) is 0 Å². The number of carbonyl (C=O) groups is 3. The largest absolute Gasteiger partial charge is 1.00 e. The zero-order valence-corrected chi connectivity index (χ0v) is 11.0. The second-order valence-corrected chi connectivity index (χ2v) is 4.06. The van der Waals surface area contributed by atoms with Crippen LogP contribution in [-0.2, 0) is 9.59 Å². The van der Waals surface area contributed by atoms with Crippen molar-refractivity contribution in [3.63, 3.8) is 0 Å². The Hall–Kier alpha value is -1.49. The van der Waals surface area contributed by atoms with Gasteiger partial charge >= 0.3 is 24.9 Å². The number of carboxylic acids is 1. The third-order valence-electron chi connectivity index (χ3n) is 2.59.